The molecular formula is C21H30N4O. The fourth-order valence-electron chi connectivity index (χ4n) is 4.51. The molecule has 2 aliphatic rings. The van der Waals surface area contributed by atoms with Crippen LogP contribution in [0.5, 0.6) is 0 Å². The van der Waals surface area contributed by atoms with E-state index in [0.717, 1.165) is 43.4 Å². The number of fused-ring (bicyclic) bond motifs is 1. The molecule has 2 fully saturated rings. The van der Waals surface area contributed by atoms with Crippen molar-refractivity contribution in [2.45, 2.75) is 45.3 Å². The van der Waals surface area contributed by atoms with Crippen molar-refractivity contribution >= 4 is 16.7 Å². The molecule has 0 spiro atoms. The monoisotopic (exact) mass is 354 g/mol. The highest BCUT2D eigenvalue weighted by Gasteiger charge is 2.25. The third-order valence-electron chi connectivity index (χ3n) is 5.78. The van der Waals surface area contributed by atoms with Crippen LogP contribution in [0, 0.1) is 5.92 Å². The topological polar surface area (TPSA) is 41.5 Å². The summed E-state index contributed by atoms with van der Waals surface area (Å²) in [6.07, 6.45) is 6.25. The van der Waals surface area contributed by atoms with Crippen molar-refractivity contribution < 1.29 is 4.74 Å². The first-order valence-corrected chi connectivity index (χ1v) is 10.0. The van der Waals surface area contributed by atoms with Gasteiger partial charge in [-0.2, -0.15) is 0 Å². The Morgan fingerprint density at radius 3 is 2.54 bits per heavy atom. The van der Waals surface area contributed by atoms with Gasteiger partial charge in [-0.15, -0.1) is 0 Å². The van der Waals surface area contributed by atoms with E-state index in [1.165, 1.54) is 31.2 Å². The number of nitrogens with zero attached hydrogens (tertiary/aromatic N) is 4. The third kappa shape index (κ3) is 3.99. The van der Waals surface area contributed by atoms with Crippen molar-refractivity contribution in [2.24, 2.45) is 5.92 Å². The highest BCUT2D eigenvalue weighted by Crippen LogP contribution is 2.28. The van der Waals surface area contributed by atoms with Crippen LogP contribution in [0.25, 0.3) is 10.9 Å². The summed E-state index contributed by atoms with van der Waals surface area (Å²) in [4.78, 5) is 14.0. The fourth-order valence-corrected chi connectivity index (χ4v) is 4.51. The Labute approximate surface area is 156 Å². The number of aromatic nitrogens is 2. The molecule has 5 nitrogen and oxygen atoms in total. The molecule has 0 amide bonds. The average Bonchev–Trinajstić information content (AvgIpc) is 2.66. The lowest BCUT2D eigenvalue weighted by Gasteiger charge is -2.37. The number of para-hydroxylation sites is 1. The second kappa shape index (κ2) is 7.89. The van der Waals surface area contributed by atoms with E-state index in [-0.39, 0.29) is 0 Å². The van der Waals surface area contributed by atoms with Gasteiger partial charge in [0, 0.05) is 31.6 Å². The molecule has 1 aromatic carbocycles. The van der Waals surface area contributed by atoms with E-state index < -0.39 is 0 Å². The summed E-state index contributed by atoms with van der Waals surface area (Å²) in [6, 6.07) is 8.32. The molecule has 2 aromatic rings. The second-order valence-corrected chi connectivity index (χ2v) is 7.95. The van der Waals surface area contributed by atoms with Crippen LogP contribution in [0.4, 0.5) is 5.82 Å². The van der Waals surface area contributed by atoms with Crippen LogP contribution in [0.15, 0.2) is 30.6 Å². The Balaban J connectivity index is 1.31. The van der Waals surface area contributed by atoms with E-state index in [1.54, 1.807) is 6.33 Å². The maximum atomic E-state index is 5.85. The van der Waals surface area contributed by atoms with Crippen LogP contribution in [-0.2, 0) is 4.74 Å². The second-order valence-electron chi connectivity index (χ2n) is 7.95. The number of hydrogen-bond donors (Lipinski definition) is 0. The van der Waals surface area contributed by atoms with Gasteiger partial charge < -0.3 is 9.64 Å². The number of hydrogen-bond acceptors (Lipinski definition) is 5. The van der Waals surface area contributed by atoms with Gasteiger partial charge in [0.15, 0.2) is 0 Å². The van der Waals surface area contributed by atoms with Crippen LogP contribution in [-0.4, -0.2) is 59.8 Å². The van der Waals surface area contributed by atoms with Crippen LogP contribution < -0.4 is 4.90 Å². The average molecular weight is 354 g/mol. The van der Waals surface area contributed by atoms with Crippen LogP contribution in [0.1, 0.15) is 33.1 Å². The molecule has 26 heavy (non-hydrogen) atoms. The van der Waals surface area contributed by atoms with Crippen molar-refractivity contribution in [3.05, 3.63) is 30.6 Å². The predicted octanol–water partition coefficient (Wildman–Crippen LogP) is 3.35. The normalized spacial score (nSPS) is 25.7. The summed E-state index contributed by atoms with van der Waals surface area (Å²) in [5.41, 5.74) is 1.04. The van der Waals surface area contributed by atoms with Crippen molar-refractivity contribution in [1.82, 2.24) is 14.9 Å². The molecule has 0 aliphatic carbocycles. The summed E-state index contributed by atoms with van der Waals surface area (Å²) in [5.74, 6) is 1.93. The third-order valence-corrected chi connectivity index (χ3v) is 5.78. The van der Waals surface area contributed by atoms with Crippen LogP contribution in [0.3, 0.4) is 0 Å². The SMILES string of the molecule is CC1CN(CCC2CCN(c3ncnc4ccccc34)CC2)CC(C)O1. The minimum atomic E-state index is 0.367. The smallest absolute Gasteiger partial charge is 0.139 e. The summed E-state index contributed by atoms with van der Waals surface area (Å²) in [7, 11) is 0. The number of rotatable bonds is 4. The van der Waals surface area contributed by atoms with E-state index in [1.807, 2.05) is 6.07 Å². The number of piperidine rings is 1. The summed E-state index contributed by atoms with van der Waals surface area (Å²) < 4.78 is 5.85. The zero-order chi connectivity index (χ0) is 17.9. The highest BCUT2D eigenvalue weighted by molar-refractivity contribution is 5.89. The van der Waals surface area contributed by atoms with Crippen molar-refractivity contribution in [3.63, 3.8) is 0 Å². The molecule has 2 saturated heterocycles. The highest BCUT2D eigenvalue weighted by atomic mass is 16.5. The first kappa shape index (κ1) is 17.7. The molecule has 0 radical (unpaired) electrons. The van der Waals surface area contributed by atoms with Gasteiger partial charge in [-0.25, -0.2) is 9.97 Å². The molecule has 0 N–H and O–H groups in total. The zero-order valence-electron chi connectivity index (χ0n) is 16.0. The van der Waals surface area contributed by atoms with Gasteiger partial charge in [0.2, 0.25) is 0 Å². The predicted molar refractivity (Wildman–Crippen MR) is 106 cm³/mol. The molecule has 2 unspecified atom stereocenters. The zero-order valence-corrected chi connectivity index (χ0v) is 16.0. The van der Waals surface area contributed by atoms with E-state index >= 15 is 0 Å². The Morgan fingerprint density at radius 1 is 1.04 bits per heavy atom. The minimum absolute atomic E-state index is 0.367. The van der Waals surface area contributed by atoms with Gasteiger partial charge in [0.1, 0.15) is 12.1 Å². The molecule has 5 heteroatoms. The maximum absolute atomic E-state index is 5.85. The Bertz CT molecular complexity index is 714. The van der Waals surface area contributed by atoms with Crippen molar-refractivity contribution in [1.29, 1.82) is 0 Å². The molecule has 0 bridgehead atoms. The van der Waals surface area contributed by atoms with Crippen molar-refractivity contribution in [2.75, 3.05) is 37.6 Å². The lowest BCUT2D eigenvalue weighted by molar-refractivity contribution is -0.0690. The molecule has 2 aliphatic heterocycles. The summed E-state index contributed by atoms with van der Waals surface area (Å²) in [5, 5.41) is 1.17. The Morgan fingerprint density at radius 2 is 1.77 bits per heavy atom. The fraction of sp³-hybridized carbons (Fsp3) is 0.619. The van der Waals surface area contributed by atoms with E-state index in [4.69, 9.17) is 4.74 Å². The molecule has 140 valence electrons. The van der Waals surface area contributed by atoms with E-state index in [2.05, 4.69) is 51.8 Å². The minimum Gasteiger partial charge on any atom is -0.373 e. The number of morpholine rings is 1. The number of anilines is 1. The summed E-state index contributed by atoms with van der Waals surface area (Å²) in [6.45, 7) is 9.94. The number of benzene rings is 1. The lowest BCUT2D eigenvalue weighted by Crippen LogP contribution is -2.46. The largest absolute Gasteiger partial charge is 0.373 e. The Kier molecular flexibility index (Phi) is 5.36. The molecule has 0 saturated carbocycles. The molecular weight excluding hydrogens is 324 g/mol. The van der Waals surface area contributed by atoms with Gasteiger partial charge in [0.05, 0.1) is 17.7 Å². The van der Waals surface area contributed by atoms with Gasteiger partial charge in [-0.1, -0.05) is 12.1 Å². The standard InChI is InChI=1S/C21H30N4O/c1-16-13-24(14-17(2)26-16)10-7-18-8-11-25(12-9-18)21-19-5-3-4-6-20(19)22-15-23-21/h3-6,15-18H,7-14H2,1-2H3. The van der Waals surface area contributed by atoms with Gasteiger partial charge in [-0.05, 0) is 57.7 Å². The first-order chi connectivity index (χ1) is 12.7. The van der Waals surface area contributed by atoms with E-state index in [0.29, 0.717) is 12.2 Å². The van der Waals surface area contributed by atoms with Crippen LogP contribution >= 0.6 is 0 Å². The first-order valence-electron chi connectivity index (χ1n) is 10.0. The van der Waals surface area contributed by atoms with Crippen LogP contribution in [0.2, 0.25) is 0 Å². The molecule has 1 aromatic heterocycles. The maximum Gasteiger partial charge on any atom is 0.139 e. The van der Waals surface area contributed by atoms with Gasteiger partial charge >= 0.3 is 0 Å². The van der Waals surface area contributed by atoms with Crippen molar-refractivity contribution in [3.8, 4) is 0 Å². The quantitative estimate of drug-likeness (QED) is 0.842. The van der Waals surface area contributed by atoms with Gasteiger partial charge in [0.25, 0.3) is 0 Å². The molecule has 2 atom stereocenters. The molecule has 4 rings (SSSR count). The number of ether oxygens (including phenoxy) is 1. The van der Waals surface area contributed by atoms with Gasteiger partial charge in [-0.3, -0.25) is 4.90 Å². The molecule has 3 heterocycles. The van der Waals surface area contributed by atoms with E-state index in [9.17, 15) is 0 Å². The summed E-state index contributed by atoms with van der Waals surface area (Å²) >= 11 is 0. The Hall–Kier alpha value is -1.72. The lowest BCUT2D eigenvalue weighted by atomic mass is 9.93.